The minimum atomic E-state index is -0.397. The molecule has 0 aliphatic rings. The van der Waals surface area contributed by atoms with Crippen molar-refractivity contribution in [1.29, 1.82) is 0 Å². The van der Waals surface area contributed by atoms with E-state index in [0.29, 0.717) is 11.3 Å². The Morgan fingerprint density at radius 2 is 2.28 bits per heavy atom. The number of hydrogen-bond donors (Lipinski definition) is 1. The summed E-state index contributed by atoms with van der Waals surface area (Å²) in [5.41, 5.74) is 0.584. The number of aryl methyl sites for hydroxylation is 1. The zero-order valence-electron chi connectivity index (χ0n) is 9.54. The molecule has 0 unspecified atom stereocenters. The van der Waals surface area contributed by atoms with Gasteiger partial charge in [-0.15, -0.1) is 0 Å². The molecule has 1 amide bonds. The lowest BCUT2D eigenvalue weighted by atomic mass is 10.2. The van der Waals surface area contributed by atoms with Crippen molar-refractivity contribution < 1.29 is 13.7 Å². The van der Waals surface area contributed by atoms with Crippen molar-refractivity contribution in [2.45, 2.75) is 13.5 Å². The largest absolute Gasteiger partial charge is 0.361 e. The molecule has 0 spiro atoms. The number of aromatic nitrogens is 1. The van der Waals surface area contributed by atoms with Crippen molar-refractivity contribution in [3.8, 4) is 0 Å². The van der Waals surface area contributed by atoms with Crippen LogP contribution in [0, 0.1) is 12.7 Å². The molecule has 2 aromatic rings. The molecule has 94 valence electrons. The number of halogens is 2. The maximum absolute atomic E-state index is 13.4. The molecule has 0 aliphatic heterocycles. The summed E-state index contributed by atoms with van der Waals surface area (Å²) in [6, 6.07) is 6.07. The number of benzene rings is 1. The third kappa shape index (κ3) is 2.95. The van der Waals surface area contributed by atoms with Crippen molar-refractivity contribution >= 4 is 21.8 Å². The Labute approximate surface area is 111 Å². The molecule has 18 heavy (non-hydrogen) atoms. The van der Waals surface area contributed by atoms with E-state index in [4.69, 9.17) is 4.52 Å². The summed E-state index contributed by atoms with van der Waals surface area (Å²) in [5, 5.41) is 6.15. The molecule has 0 fully saturated rings. The second-order valence-electron chi connectivity index (χ2n) is 3.74. The molecule has 1 N–H and O–H groups in total. The smallest absolute Gasteiger partial charge is 0.273 e. The van der Waals surface area contributed by atoms with Gasteiger partial charge in [-0.25, -0.2) is 4.39 Å². The summed E-state index contributed by atoms with van der Waals surface area (Å²) in [6.07, 6.45) is 0. The van der Waals surface area contributed by atoms with Crippen LogP contribution in [0.3, 0.4) is 0 Å². The highest BCUT2D eigenvalue weighted by Gasteiger charge is 2.11. The molecule has 6 heteroatoms. The van der Waals surface area contributed by atoms with E-state index in [-0.39, 0.29) is 18.1 Å². The molecule has 0 atom stereocenters. The van der Waals surface area contributed by atoms with Crippen LogP contribution in [0.2, 0.25) is 0 Å². The Balaban J connectivity index is 2.03. The number of rotatable bonds is 3. The molecule has 0 saturated heterocycles. The number of nitrogens with one attached hydrogen (secondary N) is 1. The summed E-state index contributed by atoms with van der Waals surface area (Å²) in [6.45, 7) is 1.79. The van der Waals surface area contributed by atoms with Crippen molar-refractivity contribution in [2.75, 3.05) is 0 Å². The SMILES string of the molecule is Cc1cc(C(=O)NCc2cc(Br)ccc2F)no1. The van der Waals surface area contributed by atoms with E-state index < -0.39 is 5.91 Å². The van der Waals surface area contributed by atoms with Crippen LogP contribution in [0.15, 0.2) is 33.3 Å². The van der Waals surface area contributed by atoms with Crippen molar-refractivity contribution in [3.05, 3.63) is 51.6 Å². The Morgan fingerprint density at radius 1 is 1.50 bits per heavy atom. The standard InChI is InChI=1S/C12H10BrFN2O2/c1-7-4-11(16-18-7)12(17)15-6-8-5-9(13)2-3-10(8)14/h2-5H,6H2,1H3,(H,15,17). The zero-order valence-corrected chi connectivity index (χ0v) is 11.1. The fourth-order valence-corrected chi connectivity index (χ4v) is 1.83. The van der Waals surface area contributed by atoms with Crippen LogP contribution < -0.4 is 5.32 Å². The van der Waals surface area contributed by atoms with E-state index in [0.717, 1.165) is 4.47 Å². The lowest BCUT2D eigenvalue weighted by molar-refractivity contribution is 0.0941. The van der Waals surface area contributed by atoms with Gasteiger partial charge in [0, 0.05) is 22.6 Å². The molecule has 0 saturated carbocycles. The highest BCUT2D eigenvalue weighted by molar-refractivity contribution is 9.10. The second kappa shape index (κ2) is 5.30. The summed E-state index contributed by atoms with van der Waals surface area (Å²) in [7, 11) is 0. The average molecular weight is 313 g/mol. The number of carbonyl (C=O) groups excluding carboxylic acids is 1. The molecule has 1 aromatic carbocycles. The highest BCUT2D eigenvalue weighted by atomic mass is 79.9. The lowest BCUT2D eigenvalue weighted by Gasteiger charge is -2.05. The van der Waals surface area contributed by atoms with Gasteiger partial charge in [0.25, 0.3) is 5.91 Å². The predicted octanol–water partition coefficient (Wildman–Crippen LogP) is 2.81. The Kier molecular flexibility index (Phi) is 3.76. The second-order valence-corrected chi connectivity index (χ2v) is 4.66. The van der Waals surface area contributed by atoms with Crippen LogP contribution >= 0.6 is 15.9 Å². The molecule has 0 bridgehead atoms. The Bertz CT molecular complexity index is 583. The van der Waals surface area contributed by atoms with Crippen molar-refractivity contribution in [3.63, 3.8) is 0 Å². The topological polar surface area (TPSA) is 55.1 Å². The molecule has 2 rings (SSSR count). The van der Waals surface area contributed by atoms with Crippen LogP contribution in [-0.4, -0.2) is 11.1 Å². The fraction of sp³-hybridized carbons (Fsp3) is 0.167. The Hall–Kier alpha value is -1.69. The van der Waals surface area contributed by atoms with Gasteiger partial charge in [0.15, 0.2) is 5.69 Å². The third-order valence-electron chi connectivity index (χ3n) is 2.31. The first-order valence-electron chi connectivity index (χ1n) is 5.21. The number of nitrogens with zero attached hydrogens (tertiary/aromatic N) is 1. The molecule has 0 aliphatic carbocycles. The minimum absolute atomic E-state index is 0.0933. The molecule has 0 radical (unpaired) electrons. The first-order valence-corrected chi connectivity index (χ1v) is 6.01. The van der Waals surface area contributed by atoms with Gasteiger partial charge in [0.05, 0.1) is 0 Å². The summed E-state index contributed by atoms with van der Waals surface area (Å²) >= 11 is 3.24. The average Bonchev–Trinajstić information content (AvgIpc) is 2.77. The van der Waals surface area contributed by atoms with E-state index in [1.807, 2.05) is 0 Å². The summed E-state index contributed by atoms with van der Waals surface area (Å²) < 4.78 is 19.0. The summed E-state index contributed by atoms with van der Waals surface area (Å²) in [5.74, 6) is -0.213. The van der Waals surface area contributed by atoms with E-state index in [1.165, 1.54) is 12.1 Å². The zero-order chi connectivity index (χ0) is 13.1. The van der Waals surface area contributed by atoms with Gasteiger partial charge < -0.3 is 9.84 Å². The van der Waals surface area contributed by atoms with Gasteiger partial charge in [-0.1, -0.05) is 21.1 Å². The van der Waals surface area contributed by atoms with Gasteiger partial charge in [0.1, 0.15) is 11.6 Å². The Morgan fingerprint density at radius 3 is 2.94 bits per heavy atom. The first kappa shape index (κ1) is 12.8. The van der Waals surface area contributed by atoms with Gasteiger partial charge in [-0.05, 0) is 25.1 Å². The monoisotopic (exact) mass is 312 g/mol. The lowest BCUT2D eigenvalue weighted by Crippen LogP contribution is -2.23. The number of carbonyl (C=O) groups is 1. The van der Waals surface area contributed by atoms with E-state index >= 15 is 0 Å². The highest BCUT2D eigenvalue weighted by Crippen LogP contribution is 2.15. The maximum atomic E-state index is 13.4. The van der Waals surface area contributed by atoms with Gasteiger partial charge in [0.2, 0.25) is 0 Å². The number of amides is 1. The van der Waals surface area contributed by atoms with E-state index in [1.54, 1.807) is 19.1 Å². The quantitative estimate of drug-likeness (QED) is 0.948. The van der Waals surface area contributed by atoms with Crippen molar-refractivity contribution in [2.24, 2.45) is 0 Å². The fourth-order valence-electron chi connectivity index (χ4n) is 1.42. The summed E-state index contributed by atoms with van der Waals surface area (Å²) in [4.78, 5) is 11.7. The molecular weight excluding hydrogens is 303 g/mol. The third-order valence-corrected chi connectivity index (χ3v) is 2.80. The van der Waals surface area contributed by atoms with Crippen molar-refractivity contribution in [1.82, 2.24) is 10.5 Å². The molecule has 4 nitrogen and oxygen atoms in total. The van der Waals surface area contributed by atoms with Gasteiger partial charge >= 0.3 is 0 Å². The van der Waals surface area contributed by atoms with Crippen LogP contribution in [0.25, 0.3) is 0 Å². The predicted molar refractivity (Wildman–Crippen MR) is 66.5 cm³/mol. The molecule has 1 heterocycles. The van der Waals surface area contributed by atoms with Crippen LogP contribution in [0.5, 0.6) is 0 Å². The molecule has 1 aromatic heterocycles. The van der Waals surface area contributed by atoms with Gasteiger partial charge in [-0.2, -0.15) is 0 Å². The van der Waals surface area contributed by atoms with E-state index in [9.17, 15) is 9.18 Å². The van der Waals surface area contributed by atoms with Crippen LogP contribution in [-0.2, 0) is 6.54 Å². The first-order chi connectivity index (χ1) is 8.56. The number of hydrogen-bond acceptors (Lipinski definition) is 3. The van der Waals surface area contributed by atoms with Crippen LogP contribution in [0.4, 0.5) is 4.39 Å². The van der Waals surface area contributed by atoms with E-state index in [2.05, 4.69) is 26.4 Å². The van der Waals surface area contributed by atoms with Crippen LogP contribution in [0.1, 0.15) is 21.8 Å². The molecular formula is C12H10BrFN2O2. The minimum Gasteiger partial charge on any atom is -0.361 e. The normalized spacial score (nSPS) is 10.4. The maximum Gasteiger partial charge on any atom is 0.273 e. The van der Waals surface area contributed by atoms with Gasteiger partial charge in [-0.3, -0.25) is 4.79 Å².